The summed E-state index contributed by atoms with van der Waals surface area (Å²) in [7, 11) is 0. The second-order valence-corrected chi connectivity index (χ2v) is 5.83. The van der Waals surface area contributed by atoms with Gasteiger partial charge in [0.1, 0.15) is 12.6 Å². The minimum absolute atomic E-state index is 0.282. The number of carboxylic acids is 1. The molecule has 3 amide bonds. The first-order valence-electron chi connectivity index (χ1n) is 7.39. The summed E-state index contributed by atoms with van der Waals surface area (Å²) >= 11 is 0. The van der Waals surface area contributed by atoms with Crippen molar-refractivity contribution in [3.8, 4) is 0 Å². The smallest absolute Gasteiger partial charge is 0.326 e. The van der Waals surface area contributed by atoms with Crippen molar-refractivity contribution in [2.24, 2.45) is 0 Å². The van der Waals surface area contributed by atoms with E-state index in [-0.39, 0.29) is 5.56 Å². The molecule has 2 heterocycles. The molecule has 23 heavy (non-hydrogen) atoms. The summed E-state index contributed by atoms with van der Waals surface area (Å²) in [6.45, 7) is 1.72. The van der Waals surface area contributed by atoms with Gasteiger partial charge in [-0.05, 0) is 31.9 Å². The predicted molar refractivity (Wildman–Crippen MR) is 78.9 cm³/mol. The molecule has 1 aromatic carbocycles. The van der Waals surface area contributed by atoms with Crippen molar-refractivity contribution in [2.75, 3.05) is 13.1 Å². The highest BCUT2D eigenvalue weighted by Crippen LogP contribution is 2.25. The van der Waals surface area contributed by atoms with Crippen LogP contribution in [0.4, 0.5) is 0 Å². The summed E-state index contributed by atoms with van der Waals surface area (Å²) in [5.74, 6) is -2.59. The van der Waals surface area contributed by atoms with E-state index in [2.05, 4.69) is 0 Å². The number of aliphatic carboxylic acids is 1. The fourth-order valence-corrected chi connectivity index (χ4v) is 3.10. The molecule has 1 fully saturated rings. The molecule has 0 spiro atoms. The molecular formula is C16H16N2O5. The van der Waals surface area contributed by atoms with Gasteiger partial charge in [-0.2, -0.15) is 0 Å². The van der Waals surface area contributed by atoms with Crippen molar-refractivity contribution in [1.82, 2.24) is 9.80 Å². The fourth-order valence-electron chi connectivity index (χ4n) is 3.10. The van der Waals surface area contributed by atoms with Gasteiger partial charge in [0, 0.05) is 6.54 Å². The SMILES string of the molecule is Cc1ccc2c(c1)C(=O)N(CC(=O)N1CCC[C@H]1C(=O)O)C2=O. The van der Waals surface area contributed by atoms with E-state index in [1.54, 1.807) is 18.2 Å². The van der Waals surface area contributed by atoms with Gasteiger partial charge in [-0.15, -0.1) is 0 Å². The van der Waals surface area contributed by atoms with Crippen LogP contribution in [0.3, 0.4) is 0 Å². The maximum Gasteiger partial charge on any atom is 0.326 e. The lowest BCUT2D eigenvalue weighted by molar-refractivity contribution is -0.148. The molecule has 1 saturated heterocycles. The first-order chi connectivity index (χ1) is 10.9. The average molecular weight is 316 g/mol. The summed E-state index contributed by atoms with van der Waals surface area (Å²) in [5.41, 5.74) is 1.42. The third-order valence-electron chi connectivity index (χ3n) is 4.28. The van der Waals surface area contributed by atoms with Gasteiger partial charge < -0.3 is 10.0 Å². The monoisotopic (exact) mass is 316 g/mol. The zero-order valence-electron chi connectivity index (χ0n) is 12.6. The number of carbonyl (C=O) groups is 4. The van der Waals surface area contributed by atoms with Crippen molar-refractivity contribution >= 4 is 23.7 Å². The quantitative estimate of drug-likeness (QED) is 0.827. The normalized spacial score (nSPS) is 20.1. The number of aryl methyl sites for hydroxylation is 1. The Labute approximate surface area is 132 Å². The van der Waals surface area contributed by atoms with E-state index in [9.17, 15) is 19.2 Å². The van der Waals surface area contributed by atoms with Gasteiger partial charge in [0.2, 0.25) is 5.91 Å². The Hall–Kier alpha value is -2.70. The number of carbonyl (C=O) groups excluding carboxylic acids is 3. The van der Waals surface area contributed by atoms with Crippen LogP contribution in [-0.2, 0) is 9.59 Å². The van der Waals surface area contributed by atoms with Gasteiger partial charge >= 0.3 is 5.97 Å². The molecule has 1 N–H and O–H groups in total. The lowest BCUT2D eigenvalue weighted by Gasteiger charge is -2.23. The number of hydrogen-bond donors (Lipinski definition) is 1. The van der Waals surface area contributed by atoms with E-state index < -0.39 is 36.3 Å². The molecule has 3 rings (SSSR count). The molecule has 2 aliphatic heterocycles. The molecule has 0 saturated carbocycles. The van der Waals surface area contributed by atoms with Crippen LogP contribution in [0.15, 0.2) is 18.2 Å². The Bertz CT molecular complexity index is 727. The number of imide groups is 1. The maximum atomic E-state index is 12.3. The molecule has 0 bridgehead atoms. The van der Waals surface area contributed by atoms with Crippen LogP contribution in [0.2, 0.25) is 0 Å². The molecule has 0 radical (unpaired) electrons. The van der Waals surface area contributed by atoms with Gasteiger partial charge in [-0.25, -0.2) is 4.79 Å². The van der Waals surface area contributed by atoms with E-state index >= 15 is 0 Å². The molecule has 1 aromatic rings. The first-order valence-corrected chi connectivity index (χ1v) is 7.39. The second-order valence-electron chi connectivity index (χ2n) is 5.83. The third kappa shape index (κ3) is 2.48. The van der Waals surface area contributed by atoms with Crippen LogP contribution in [-0.4, -0.2) is 57.7 Å². The summed E-state index contributed by atoms with van der Waals surface area (Å²) < 4.78 is 0. The van der Waals surface area contributed by atoms with Crippen molar-refractivity contribution in [1.29, 1.82) is 0 Å². The van der Waals surface area contributed by atoms with Crippen LogP contribution in [0.25, 0.3) is 0 Å². The molecule has 7 heteroatoms. The molecule has 0 aromatic heterocycles. The van der Waals surface area contributed by atoms with Gasteiger partial charge in [0.15, 0.2) is 0 Å². The molecule has 120 valence electrons. The Morgan fingerprint density at radius 1 is 1.22 bits per heavy atom. The van der Waals surface area contributed by atoms with Crippen LogP contribution in [0, 0.1) is 6.92 Å². The van der Waals surface area contributed by atoms with Gasteiger partial charge in [-0.3, -0.25) is 19.3 Å². The zero-order valence-corrected chi connectivity index (χ0v) is 12.6. The van der Waals surface area contributed by atoms with Crippen LogP contribution in [0.1, 0.15) is 39.1 Å². The Morgan fingerprint density at radius 3 is 2.61 bits per heavy atom. The summed E-state index contributed by atoms with van der Waals surface area (Å²) in [6, 6.07) is 4.05. The highest BCUT2D eigenvalue weighted by atomic mass is 16.4. The average Bonchev–Trinajstić information content (AvgIpc) is 3.07. The third-order valence-corrected chi connectivity index (χ3v) is 4.28. The van der Waals surface area contributed by atoms with E-state index in [0.29, 0.717) is 24.9 Å². The first kappa shape index (κ1) is 15.2. The minimum Gasteiger partial charge on any atom is -0.480 e. The van der Waals surface area contributed by atoms with E-state index in [4.69, 9.17) is 5.11 Å². The molecule has 1 atom stereocenters. The number of amides is 3. The van der Waals surface area contributed by atoms with E-state index in [1.807, 2.05) is 6.92 Å². The van der Waals surface area contributed by atoms with E-state index in [0.717, 1.165) is 10.5 Å². The lowest BCUT2D eigenvalue weighted by Crippen LogP contribution is -2.46. The number of rotatable bonds is 3. The van der Waals surface area contributed by atoms with Crippen molar-refractivity contribution in [3.05, 3.63) is 34.9 Å². The Kier molecular flexibility index (Phi) is 3.63. The Morgan fingerprint density at radius 2 is 1.91 bits per heavy atom. The molecule has 2 aliphatic rings. The molecule has 0 aliphatic carbocycles. The highest BCUT2D eigenvalue weighted by Gasteiger charge is 2.40. The predicted octanol–water partition coefficient (Wildman–Crippen LogP) is 0.667. The molecule has 0 unspecified atom stereocenters. The highest BCUT2D eigenvalue weighted by molar-refractivity contribution is 6.22. The number of carboxylic acid groups (broad SMARTS) is 1. The molecular weight excluding hydrogens is 300 g/mol. The van der Waals surface area contributed by atoms with Crippen molar-refractivity contribution in [2.45, 2.75) is 25.8 Å². The van der Waals surface area contributed by atoms with Gasteiger partial charge in [0.05, 0.1) is 11.1 Å². The summed E-state index contributed by atoms with van der Waals surface area (Å²) in [4.78, 5) is 50.3. The van der Waals surface area contributed by atoms with Crippen LogP contribution >= 0.6 is 0 Å². The van der Waals surface area contributed by atoms with Crippen molar-refractivity contribution < 1.29 is 24.3 Å². The molecule has 7 nitrogen and oxygen atoms in total. The number of nitrogens with zero attached hydrogens (tertiary/aromatic N) is 2. The van der Waals surface area contributed by atoms with Gasteiger partial charge in [-0.1, -0.05) is 11.6 Å². The topological polar surface area (TPSA) is 95.0 Å². The largest absolute Gasteiger partial charge is 0.480 e. The summed E-state index contributed by atoms with van der Waals surface area (Å²) in [6.07, 6.45) is 0.992. The minimum atomic E-state index is -1.06. The van der Waals surface area contributed by atoms with Crippen LogP contribution in [0.5, 0.6) is 0 Å². The van der Waals surface area contributed by atoms with Crippen molar-refractivity contribution in [3.63, 3.8) is 0 Å². The Balaban J connectivity index is 1.79. The number of likely N-dealkylation sites (tertiary alicyclic amines) is 1. The maximum absolute atomic E-state index is 12.3. The lowest BCUT2D eigenvalue weighted by atomic mass is 10.1. The fraction of sp³-hybridized carbons (Fsp3) is 0.375. The van der Waals surface area contributed by atoms with Gasteiger partial charge in [0.25, 0.3) is 11.8 Å². The number of benzene rings is 1. The zero-order chi connectivity index (χ0) is 16.7. The second kappa shape index (κ2) is 5.49. The summed E-state index contributed by atoms with van der Waals surface area (Å²) in [5, 5.41) is 9.13. The van der Waals surface area contributed by atoms with E-state index in [1.165, 1.54) is 4.90 Å². The standard InChI is InChI=1S/C16H16N2O5/c1-9-4-5-10-11(7-9)15(21)18(14(10)20)8-13(19)17-6-2-3-12(17)16(22)23/h4-5,7,12H,2-3,6,8H2,1H3,(H,22,23)/t12-/m0/s1. The number of fused-ring (bicyclic) bond motifs is 1. The number of hydrogen-bond acceptors (Lipinski definition) is 4. The van der Waals surface area contributed by atoms with Crippen LogP contribution < -0.4 is 0 Å².